The van der Waals surface area contributed by atoms with Gasteiger partial charge in [0, 0.05) is 17.0 Å². The fraction of sp³-hybridized carbons (Fsp3) is 0.333. The van der Waals surface area contributed by atoms with Gasteiger partial charge in [0.15, 0.2) is 5.82 Å². The van der Waals surface area contributed by atoms with Crippen molar-refractivity contribution in [3.8, 4) is 0 Å². The molecule has 5 heteroatoms. The van der Waals surface area contributed by atoms with E-state index in [1.54, 1.807) is 0 Å². The van der Waals surface area contributed by atoms with Crippen LogP contribution >= 0.6 is 11.8 Å². The van der Waals surface area contributed by atoms with Crippen LogP contribution in [0.5, 0.6) is 0 Å². The van der Waals surface area contributed by atoms with E-state index in [2.05, 4.69) is 24.0 Å². The summed E-state index contributed by atoms with van der Waals surface area (Å²) in [6.45, 7) is 4.38. The minimum Gasteiger partial charge on any atom is -0.399 e. The standard InChI is InChI=1S/C15H19N3OS/c1-3-11(2)20-10-14-17-15(19-18-14)9-6-12-4-7-13(16)8-5-12/h4-9,11H,3,10,16H2,1-2H3/b9-6+. The van der Waals surface area contributed by atoms with Gasteiger partial charge in [-0.05, 0) is 30.2 Å². The zero-order valence-electron chi connectivity index (χ0n) is 11.7. The van der Waals surface area contributed by atoms with E-state index in [4.69, 9.17) is 10.3 Å². The molecule has 20 heavy (non-hydrogen) atoms. The lowest BCUT2D eigenvalue weighted by Crippen LogP contribution is -1.94. The summed E-state index contributed by atoms with van der Waals surface area (Å²) in [7, 11) is 0. The molecule has 0 spiro atoms. The smallest absolute Gasteiger partial charge is 0.250 e. The lowest BCUT2D eigenvalue weighted by atomic mass is 10.2. The monoisotopic (exact) mass is 289 g/mol. The zero-order valence-corrected chi connectivity index (χ0v) is 12.6. The maximum atomic E-state index is 5.64. The van der Waals surface area contributed by atoms with Crippen molar-refractivity contribution in [3.63, 3.8) is 0 Å². The van der Waals surface area contributed by atoms with Gasteiger partial charge in [0.2, 0.25) is 0 Å². The Morgan fingerprint density at radius 2 is 2.05 bits per heavy atom. The fourth-order valence-corrected chi connectivity index (χ4v) is 2.29. The lowest BCUT2D eigenvalue weighted by Gasteiger charge is -2.04. The van der Waals surface area contributed by atoms with Crippen LogP contribution in [0.2, 0.25) is 0 Å². The van der Waals surface area contributed by atoms with Crippen molar-refractivity contribution in [3.05, 3.63) is 41.5 Å². The zero-order chi connectivity index (χ0) is 14.4. The molecule has 1 heterocycles. The minimum atomic E-state index is 0.529. The van der Waals surface area contributed by atoms with Crippen molar-refractivity contribution in [1.82, 2.24) is 10.1 Å². The third-order valence-electron chi connectivity index (χ3n) is 2.91. The highest BCUT2D eigenvalue weighted by molar-refractivity contribution is 7.99. The van der Waals surface area contributed by atoms with Gasteiger partial charge in [0.05, 0.1) is 5.75 Å². The van der Waals surface area contributed by atoms with E-state index >= 15 is 0 Å². The number of rotatable bonds is 6. The van der Waals surface area contributed by atoms with E-state index in [0.717, 1.165) is 29.2 Å². The minimum absolute atomic E-state index is 0.529. The first-order valence-electron chi connectivity index (χ1n) is 6.65. The summed E-state index contributed by atoms with van der Waals surface area (Å²) in [5.74, 6) is 2.06. The normalized spacial score (nSPS) is 12.9. The molecule has 2 N–H and O–H groups in total. The van der Waals surface area contributed by atoms with Gasteiger partial charge in [-0.25, -0.2) is 0 Å². The Labute approximate surface area is 123 Å². The molecule has 106 valence electrons. The van der Waals surface area contributed by atoms with Crippen molar-refractivity contribution in [2.45, 2.75) is 31.3 Å². The molecule has 1 unspecified atom stereocenters. The molecule has 4 nitrogen and oxygen atoms in total. The van der Waals surface area contributed by atoms with Crippen LogP contribution in [-0.2, 0) is 5.75 Å². The second-order valence-corrected chi connectivity index (χ2v) is 6.01. The van der Waals surface area contributed by atoms with Crippen molar-refractivity contribution < 1.29 is 4.52 Å². The Bertz CT molecular complexity index is 563. The number of hydrogen-bond donors (Lipinski definition) is 1. The van der Waals surface area contributed by atoms with Gasteiger partial charge >= 0.3 is 0 Å². The predicted molar refractivity (Wildman–Crippen MR) is 85.1 cm³/mol. The third kappa shape index (κ3) is 4.42. The van der Waals surface area contributed by atoms with Gasteiger partial charge in [0.25, 0.3) is 5.89 Å². The molecule has 0 bridgehead atoms. The second kappa shape index (κ2) is 7.14. The van der Waals surface area contributed by atoms with Crippen LogP contribution in [0, 0.1) is 0 Å². The Hall–Kier alpha value is -1.75. The van der Waals surface area contributed by atoms with Crippen LogP contribution in [0.25, 0.3) is 12.2 Å². The summed E-state index contributed by atoms with van der Waals surface area (Å²) in [5.41, 5.74) is 7.44. The van der Waals surface area contributed by atoms with Crippen molar-refractivity contribution in [2.24, 2.45) is 0 Å². The van der Waals surface area contributed by atoms with Crippen LogP contribution in [-0.4, -0.2) is 15.4 Å². The molecule has 1 atom stereocenters. The highest BCUT2D eigenvalue weighted by atomic mass is 32.2. The second-order valence-electron chi connectivity index (χ2n) is 4.58. The Morgan fingerprint density at radius 3 is 2.75 bits per heavy atom. The number of nitrogen functional groups attached to an aromatic ring is 1. The average molecular weight is 289 g/mol. The van der Waals surface area contributed by atoms with Crippen LogP contribution in [0.1, 0.15) is 37.5 Å². The number of nitrogens with zero attached hydrogens (tertiary/aromatic N) is 2. The Morgan fingerprint density at radius 1 is 1.30 bits per heavy atom. The predicted octanol–water partition coefficient (Wildman–Crippen LogP) is 3.85. The van der Waals surface area contributed by atoms with Gasteiger partial charge in [-0.3, -0.25) is 0 Å². The Balaban J connectivity index is 1.93. The van der Waals surface area contributed by atoms with Crippen molar-refractivity contribution in [1.29, 1.82) is 0 Å². The summed E-state index contributed by atoms with van der Waals surface area (Å²) in [6, 6.07) is 7.62. The largest absolute Gasteiger partial charge is 0.399 e. The molecule has 0 amide bonds. The molecule has 2 rings (SSSR count). The SMILES string of the molecule is CCC(C)SCc1noc(/C=C/c2ccc(N)cc2)n1. The van der Waals surface area contributed by atoms with Crippen LogP contribution in [0.4, 0.5) is 5.69 Å². The number of aromatic nitrogens is 2. The summed E-state index contributed by atoms with van der Waals surface area (Å²) in [4.78, 5) is 4.34. The van der Waals surface area contributed by atoms with E-state index in [1.165, 1.54) is 0 Å². The highest BCUT2D eigenvalue weighted by Crippen LogP contribution is 2.18. The topological polar surface area (TPSA) is 64.9 Å². The van der Waals surface area contributed by atoms with Gasteiger partial charge in [-0.1, -0.05) is 31.1 Å². The number of hydrogen-bond acceptors (Lipinski definition) is 5. The third-order valence-corrected chi connectivity index (χ3v) is 4.24. The molecule has 0 radical (unpaired) electrons. The van der Waals surface area contributed by atoms with E-state index in [-0.39, 0.29) is 0 Å². The maximum absolute atomic E-state index is 5.64. The van der Waals surface area contributed by atoms with E-state index in [9.17, 15) is 0 Å². The average Bonchev–Trinajstić information content (AvgIpc) is 2.92. The first-order valence-corrected chi connectivity index (χ1v) is 7.70. The molecule has 0 fully saturated rings. The van der Waals surface area contributed by atoms with Crippen LogP contribution in [0.15, 0.2) is 28.8 Å². The molecule has 1 aromatic carbocycles. The fourth-order valence-electron chi connectivity index (χ4n) is 1.50. The number of anilines is 1. The summed E-state index contributed by atoms with van der Waals surface area (Å²) < 4.78 is 5.19. The van der Waals surface area contributed by atoms with E-state index in [0.29, 0.717) is 11.1 Å². The molecular weight excluding hydrogens is 270 g/mol. The summed E-state index contributed by atoms with van der Waals surface area (Å²) in [6.07, 6.45) is 4.89. The van der Waals surface area contributed by atoms with Crippen molar-refractivity contribution in [2.75, 3.05) is 5.73 Å². The number of benzene rings is 1. The van der Waals surface area contributed by atoms with Gasteiger partial charge in [0.1, 0.15) is 0 Å². The molecule has 0 aliphatic rings. The van der Waals surface area contributed by atoms with E-state index < -0.39 is 0 Å². The highest BCUT2D eigenvalue weighted by Gasteiger charge is 2.06. The summed E-state index contributed by atoms with van der Waals surface area (Å²) >= 11 is 1.84. The molecule has 0 saturated carbocycles. The molecule has 2 aromatic rings. The van der Waals surface area contributed by atoms with Crippen LogP contribution in [0.3, 0.4) is 0 Å². The van der Waals surface area contributed by atoms with E-state index in [1.807, 2.05) is 48.2 Å². The molecule has 0 aliphatic carbocycles. The summed E-state index contributed by atoms with van der Waals surface area (Å²) in [5, 5.41) is 4.58. The quantitative estimate of drug-likeness (QED) is 0.818. The van der Waals surface area contributed by atoms with Gasteiger partial charge < -0.3 is 10.3 Å². The number of nitrogens with two attached hydrogens (primary N) is 1. The molecule has 1 aromatic heterocycles. The first-order chi connectivity index (χ1) is 9.67. The molecule has 0 saturated heterocycles. The van der Waals surface area contributed by atoms with Gasteiger partial charge in [-0.2, -0.15) is 16.7 Å². The maximum Gasteiger partial charge on any atom is 0.250 e. The van der Waals surface area contributed by atoms with Gasteiger partial charge in [-0.15, -0.1) is 0 Å². The molecule has 0 aliphatic heterocycles. The number of thioether (sulfide) groups is 1. The van der Waals surface area contributed by atoms with Crippen molar-refractivity contribution >= 4 is 29.6 Å². The lowest BCUT2D eigenvalue weighted by molar-refractivity contribution is 0.405. The molecular formula is C15H19N3OS. The van der Waals surface area contributed by atoms with Crippen LogP contribution < -0.4 is 5.73 Å². The Kier molecular flexibility index (Phi) is 5.24. The first kappa shape index (κ1) is 14.7.